The van der Waals surface area contributed by atoms with Crippen LogP contribution in [0.5, 0.6) is 5.88 Å². The maximum Gasteiger partial charge on any atom is 0.223 e. The van der Waals surface area contributed by atoms with Crippen LogP contribution in [0.15, 0.2) is 60.9 Å². The van der Waals surface area contributed by atoms with E-state index in [1.807, 2.05) is 49.6 Å². The normalized spacial score (nSPS) is 10.8. The van der Waals surface area contributed by atoms with Crippen LogP contribution in [0.4, 0.5) is 17.2 Å². The number of hydrogen-bond donors (Lipinski definition) is 1. The summed E-state index contributed by atoms with van der Waals surface area (Å²) >= 11 is 0. The van der Waals surface area contributed by atoms with E-state index < -0.39 is 0 Å². The number of benzene rings is 1. The van der Waals surface area contributed by atoms with E-state index in [4.69, 9.17) is 4.74 Å². The van der Waals surface area contributed by atoms with E-state index in [-0.39, 0.29) is 5.91 Å². The Balaban J connectivity index is 1.67. The summed E-state index contributed by atoms with van der Waals surface area (Å²) in [5.41, 5.74) is 4.83. The van der Waals surface area contributed by atoms with Gasteiger partial charge in [0.15, 0.2) is 0 Å². The Labute approximate surface area is 174 Å². The molecule has 0 aliphatic rings. The number of nitrogens with zero attached hydrogens (tertiary/aromatic N) is 4. The number of aryl methyl sites for hydroxylation is 1. The standard InChI is InChI=1S/C23H23N5O2/c1-15(29)27(2)19-7-5-6-16(10-19)20-11-17-13-24-22(12-21(17)28(20)3)26-18-8-9-23(30-4)25-14-18/h5-14H,1-4H3,(H,24,26). The second-order valence-corrected chi connectivity index (χ2v) is 7.06. The Morgan fingerprint density at radius 2 is 1.93 bits per heavy atom. The third-order valence-electron chi connectivity index (χ3n) is 5.15. The molecule has 3 heterocycles. The minimum absolute atomic E-state index is 0.00266. The fourth-order valence-electron chi connectivity index (χ4n) is 3.35. The smallest absolute Gasteiger partial charge is 0.223 e. The number of pyridine rings is 2. The molecule has 4 aromatic rings. The van der Waals surface area contributed by atoms with Gasteiger partial charge < -0.3 is 19.5 Å². The third kappa shape index (κ3) is 3.69. The zero-order valence-electron chi connectivity index (χ0n) is 17.4. The molecule has 0 radical (unpaired) electrons. The van der Waals surface area contributed by atoms with Crippen LogP contribution in [0.3, 0.4) is 0 Å². The molecule has 1 amide bonds. The number of hydrogen-bond acceptors (Lipinski definition) is 5. The third-order valence-corrected chi connectivity index (χ3v) is 5.15. The summed E-state index contributed by atoms with van der Waals surface area (Å²) in [5.74, 6) is 1.29. The summed E-state index contributed by atoms with van der Waals surface area (Å²) in [6, 6.07) is 15.8. The molecule has 7 nitrogen and oxygen atoms in total. The van der Waals surface area contributed by atoms with Gasteiger partial charge in [0.25, 0.3) is 0 Å². The van der Waals surface area contributed by atoms with E-state index in [1.54, 1.807) is 38.2 Å². The van der Waals surface area contributed by atoms with Crippen LogP contribution in [-0.4, -0.2) is 34.6 Å². The fraction of sp³-hybridized carbons (Fsp3) is 0.174. The molecule has 0 unspecified atom stereocenters. The molecule has 1 aromatic carbocycles. The average molecular weight is 401 g/mol. The van der Waals surface area contributed by atoms with Crippen molar-refractivity contribution in [3.63, 3.8) is 0 Å². The summed E-state index contributed by atoms with van der Waals surface area (Å²) in [6.45, 7) is 1.56. The zero-order valence-corrected chi connectivity index (χ0v) is 17.4. The zero-order chi connectivity index (χ0) is 21.3. The highest BCUT2D eigenvalue weighted by Gasteiger charge is 2.12. The lowest BCUT2D eigenvalue weighted by Gasteiger charge is -2.16. The van der Waals surface area contributed by atoms with E-state index in [0.29, 0.717) is 5.88 Å². The minimum atomic E-state index is -0.00266. The minimum Gasteiger partial charge on any atom is -0.481 e. The number of carbonyl (C=O) groups is 1. The molecule has 0 saturated heterocycles. The highest BCUT2D eigenvalue weighted by Crippen LogP contribution is 2.30. The number of nitrogens with one attached hydrogen (secondary N) is 1. The van der Waals surface area contributed by atoms with Gasteiger partial charge in [-0.25, -0.2) is 9.97 Å². The number of aromatic nitrogens is 3. The van der Waals surface area contributed by atoms with Crippen LogP contribution >= 0.6 is 0 Å². The Morgan fingerprint density at radius 3 is 2.63 bits per heavy atom. The molecule has 0 aliphatic heterocycles. The molecule has 7 heteroatoms. The summed E-state index contributed by atoms with van der Waals surface area (Å²) in [7, 11) is 5.39. The lowest BCUT2D eigenvalue weighted by Crippen LogP contribution is -2.22. The van der Waals surface area contributed by atoms with E-state index in [0.717, 1.165) is 39.4 Å². The number of fused-ring (bicyclic) bond motifs is 1. The number of rotatable bonds is 5. The molecule has 4 rings (SSSR count). The van der Waals surface area contributed by atoms with Gasteiger partial charge in [-0.1, -0.05) is 12.1 Å². The van der Waals surface area contributed by atoms with Crippen molar-refractivity contribution in [3.05, 3.63) is 60.9 Å². The SMILES string of the molecule is COc1ccc(Nc2cc3c(cn2)cc(-c2cccc(N(C)C(C)=O)c2)n3C)cn1. The number of carbonyl (C=O) groups excluding carboxylic acids is 1. The fourth-order valence-corrected chi connectivity index (χ4v) is 3.35. The van der Waals surface area contributed by atoms with Crippen molar-refractivity contribution in [2.24, 2.45) is 7.05 Å². The highest BCUT2D eigenvalue weighted by molar-refractivity contribution is 5.93. The van der Waals surface area contributed by atoms with Crippen molar-refractivity contribution < 1.29 is 9.53 Å². The van der Waals surface area contributed by atoms with E-state index in [9.17, 15) is 4.79 Å². The molecule has 0 fully saturated rings. The number of amides is 1. The molecule has 0 spiro atoms. The van der Waals surface area contributed by atoms with Crippen LogP contribution < -0.4 is 15.0 Å². The Morgan fingerprint density at radius 1 is 1.10 bits per heavy atom. The molecule has 0 aliphatic carbocycles. The first-order valence-corrected chi connectivity index (χ1v) is 9.53. The maximum atomic E-state index is 11.7. The average Bonchev–Trinajstić information content (AvgIpc) is 3.10. The second kappa shape index (κ2) is 7.87. The van der Waals surface area contributed by atoms with E-state index in [2.05, 4.69) is 25.9 Å². The van der Waals surface area contributed by atoms with Crippen molar-refractivity contribution >= 4 is 34.0 Å². The van der Waals surface area contributed by atoms with Gasteiger partial charge in [-0.3, -0.25) is 4.79 Å². The van der Waals surface area contributed by atoms with Gasteiger partial charge in [0.2, 0.25) is 11.8 Å². The molecule has 0 atom stereocenters. The van der Waals surface area contributed by atoms with Crippen molar-refractivity contribution in [1.82, 2.24) is 14.5 Å². The van der Waals surface area contributed by atoms with Crippen molar-refractivity contribution in [1.29, 1.82) is 0 Å². The van der Waals surface area contributed by atoms with Crippen LogP contribution in [0, 0.1) is 0 Å². The highest BCUT2D eigenvalue weighted by atomic mass is 16.5. The lowest BCUT2D eigenvalue weighted by atomic mass is 10.1. The monoisotopic (exact) mass is 401 g/mol. The Kier molecular flexibility index (Phi) is 5.10. The van der Waals surface area contributed by atoms with Crippen LogP contribution in [0.25, 0.3) is 22.2 Å². The number of methoxy groups -OCH3 is 1. The van der Waals surface area contributed by atoms with Gasteiger partial charge >= 0.3 is 0 Å². The summed E-state index contributed by atoms with van der Waals surface area (Å²) < 4.78 is 7.22. The summed E-state index contributed by atoms with van der Waals surface area (Å²) in [6.07, 6.45) is 3.56. The van der Waals surface area contributed by atoms with E-state index in [1.165, 1.54) is 0 Å². The molecule has 0 saturated carbocycles. The van der Waals surface area contributed by atoms with Gasteiger partial charge in [-0.15, -0.1) is 0 Å². The summed E-state index contributed by atoms with van der Waals surface area (Å²) in [5, 5.41) is 4.31. The Hall–Kier alpha value is -3.87. The molecule has 1 N–H and O–H groups in total. The maximum absolute atomic E-state index is 11.7. The van der Waals surface area contributed by atoms with Gasteiger partial charge in [-0.05, 0) is 24.3 Å². The Bertz CT molecular complexity index is 1210. The summed E-state index contributed by atoms with van der Waals surface area (Å²) in [4.78, 5) is 22.1. The first-order valence-electron chi connectivity index (χ1n) is 9.53. The molecule has 0 bridgehead atoms. The second-order valence-electron chi connectivity index (χ2n) is 7.06. The topological polar surface area (TPSA) is 72.3 Å². The van der Waals surface area contributed by atoms with Gasteiger partial charge in [0.05, 0.1) is 24.5 Å². The molecular weight excluding hydrogens is 378 g/mol. The predicted octanol–water partition coefficient (Wildman–Crippen LogP) is 4.37. The van der Waals surface area contributed by atoms with Crippen molar-refractivity contribution in [2.45, 2.75) is 6.92 Å². The molecule has 30 heavy (non-hydrogen) atoms. The first-order chi connectivity index (χ1) is 14.5. The van der Waals surface area contributed by atoms with Crippen molar-refractivity contribution in [2.75, 3.05) is 24.4 Å². The van der Waals surface area contributed by atoms with Crippen molar-refractivity contribution in [3.8, 4) is 17.1 Å². The molecular formula is C23H23N5O2. The van der Waals surface area contributed by atoms with Gasteiger partial charge in [-0.2, -0.15) is 0 Å². The quantitative estimate of drug-likeness (QED) is 0.538. The lowest BCUT2D eigenvalue weighted by molar-refractivity contribution is -0.116. The molecule has 3 aromatic heterocycles. The predicted molar refractivity (Wildman–Crippen MR) is 119 cm³/mol. The molecule has 152 valence electrons. The van der Waals surface area contributed by atoms with Gasteiger partial charge in [0, 0.05) is 61.7 Å². The van der Waals surface area contributed by atoms with Crippen LogP contribution in [0.2, 0.25) is 0 Å². The largest absolute Gasteiger partial charge is 0.481 e. The van der Waals surface area contributed by atoms with Gasteiger partial charge in [0.1, 0.15) is 5.82 Å². The van der Waals surface area contributed by atoms with Crippen LogP contribution in [-0.2, 0) is 11.8 Å². The van der Waals surface area contributed by atoms with E-state index >= 15 is 0 Å². The van der Waals surface area contributed by atoms with Crippen LogP contribution in [0.1, 0.15) is 6.92 Å². The number of ether oxygens (including phenoxy) is 1. The first kappa shape index (κ1) is 19.4. The number of anilines is 3.